The van der Waals surface area contributed by atoms with Crippen molar-refractivity contribution in [3.8, 4) is 0 Å². The van der Waals surface area contributed by atoms with Gasteiger partial charge in [-0.3, -0.25) is 0 Å². The Hall–Kier alpha value is -0.286. The second-order valence-electron chi connectivity index (χ2n) is 12.0. The predicted octanol–water partition coefficient (Wildman–Crippen LogP) is 8.86. The lowest BCUT2D eigenvalue weighted by molar-refractivity contribution is 0.0127. The second kappa shape index (κ2) is 11.0. The summed E-state index contributed by atoms with van der Waals surface area (Å²) in [6.45, 7) is 27.2. The minimum Gasteiger partial charge on any atom is -0.469 e. The zero-order valence-corrected chi connectivity index (χ0v) is 24.4. The van der Waals surface area contributed by atoms with Gasteiger partial charge in [0.2, 0.25) is 0 Å². The lowest BCUT2D eigenvalue weighted by atomic mass is 9.89. The summed E-state index contributed by atoms with van der Waals surface area (Å²) in [4.78, 5) is 0. The van der Waals surface area contributed by atoms with Gasteiger partial charge in [0, 0.05) is 7.11 Å². The zero-order chi connectivity index (χ0) is 23.3. The Morgan fingerprint density at radius 2 is 1.37 bits per heavy atom. The van der Waals surface area contributed by atoms with Crippen molar-refractivity contribution in [2.24, 2.45) is 5.92 Å². The largest absolute Gasteiger partial charge is 0.469 e. The van der Waals surface area contributed by atoms with Crippen molar-refractivity contribution >= 4 is 16.1 Å². The summed E-state index contributed by atoms with van der Waals surface area (Å²) in [5.41, 5.74) is 6.24. The molecule has 1 saturated carbocycles. The van der Waals surface area contributed by atoms with Crippen LogP contribution in [0.15, 0.2) is 16.3 Å². The van der Waals surface area contributed by atoms with E-state index in [1.165, 1.54) is 32.1 Å². The first-order valence-corrected chi connectivity index (χ1v) is 17.6. The maximum absolute atomic E-state index is 6.38. The molecular weight excluding hydrogens is 400 g/mol. The van der Waals surface area contributed by atoms with Crippen LogP contribution in [0.1, 0.15) is 94.4 Å². The van der Waals surface area contributed by atoms with Crippen LogP contribution in [0.25, 0.3) is 0 Å². The van der Waals surface area contributed by atoms with Gasteiger partial charge >= 0.3 is 0 Å². The highest BCUT2D eigenvalue weighted by molar-refractivity contribution is 6.90. The third-order valence-corrected chi connectivity index (χ3v) is 20.7. The van der Waals surface area contributed by atoms with Gasteiger partial charge in [-0.15, -0.1) is 0 Å². The molecule has 1 rings (SSSR count). The Kier molecular flexibility index (Phi) is 10.2. The van der Waals surface area contributed by atoms with E-state index in [9.17, 15) is 0 Å². The molecule has 0 amide bonds. The molecular formula is C26H52O2Si2. The van der Waals surface area contributed by atoms with E-state index in [1.54, 1.807) is 12.3 Å². The molecule has 0 saturated heterocycles. The molecule has 0 heterocycles. The first-order valence-electron chi connectivity index (χ1n) is 12.4. The van der Waals surface area contributed by atoms with Gasteiger partial charge < -0.3 is 9.47 Å². The van der Waals surface area contributed by atoms with Crippen LogP contribution >= 0.6 is 0 Å². The van der Waals surface area contributed by atoms with Crippen LogP contribution in [-0.4, -0.2) is 30.1 Å². The fraction of sp³-hybridized carbons (Fsp3) is 0.885. The van der Waals surface area contributed by atoms with Gasteiger partial charge in [-0.1, -0.05) is 100 Å². The topological polar surface area (TPSA) is 18.5 Å². The molecule has 0 aromatic carbocycles. The van der Waals surface area contributed by atoms with E-state index in [0.29, 0.717) is 29.3 Å². The van der Waals surface area contributed by atoms with Crippen LogP contribution in [0, 0.1) is 5.92 Å². The maximum Gasteiger partial charge on any atom is 0.188 e. The Bertz CT molecular complexity index is 577. The van der Waals surface area contributed by atoms with Gasteiger partial charge in [-0.05, 0) is 45.6 Å². The molecule has 30 heavy (non-hydrogen) atoms. The average molecular weight is 453 g/mol. The van der Waals surface area contributed by atoms with E-state index >= 15 is 0 Å². The number of hydrogen-bond donors (Lipinski definition) is 0. The van der Waals surface area contributed by atoms with Gasteiger partial charge in [0.25, 0.3) is 0 Å². The molecule has 0 aliphatic heterocycles. The number of allylic oxidation sites excluding steroid dienone is 1. The van der Waals surface area contributed by atoms with Crippen molar-refractivity contribution < 1.29 is 9.47 Å². The van der Waals surface area contributed by atoms with Gasteiger partial charge in [-0.2, -0.15) is 0 Å². The molecule has 176 valence electrons. The van der Waals surface area contributed by atoms with Gasteiger partial charge in [0.15, 0.2) is 6.79 Å². The van der Waals surface area contributed by atoms with E-state index in [-0.39, 0.29) is 5.04 Å². The molecule has 0 atom stereocenters. The highest BCUT2D eigenvalue weighted by Crippen LogP contribution is 2.51. The Labute approximate surface area is 190 Å². The molecule has 0 N–H and O–H groups in total. The maximum atomic E-state index is 6.38. The number of ether oxygens (including phenoxy) is 2. The molecule has 2 nitrogen and oxygen atoms in total. The van der Waals surface area contributed by atoms with Crippen molar-refractivity contribution in [2.75, 3.05) is 13.9 Å². The minimum absolute atomic E-state index is 0.207. The molecule has 1 fully saturated rings. The van der Waals surface area contributed by atoms with E-state index in [2.05, 4.69) is 81.1 Å². The third kappa shape index (κ3) is 5.74. The second-order valence-corrected chi connectivity index (χ2v) is 23.1. The van der Waals surface area contributed by atoms with Gasteiger partial charge in [-0.25, -0.2) is 0 Å². The Morgan fingerprint density at radius 3 is 1.73 bits per heavy atom. The van der Waals surface area contributed by atoms with Crippen molar-refractivity contribution in [3.63, 3.8) is 0 Å². The van der Waals surface area contributed by atoms with Crippen molar-refractivity contribution in [1.82, 2.24) is 0 Å². The van der Waals surface area contributed by atoms with Crippen LogP contribution in [0.4, 0.5) is 0 Å². The average Bonchev–Trinajstić information content (AvgIpc) is 2.62. The summed E-state index contributed by atoms with van der Waals surface area (Å²) in [6.07, 6.45) is 6.78. The van der Waals surface area contributed by atoms with E-state index in [1.807, 2.05) is 0 Å². The Balaban J connectivity index is 3.97. The zero-order valence-electron chi connectivity index (χ0n) is 22.4. The quantitative estimate of drug-likeness (QED) is 0.150. The molecule has 0 unspecified atom stereocenters. The monoisotopic (exact) mass is 452 g/mol. The smallest absolute Gasteiger partial charge is 0.188 e. The molecule has 0 aromatic rings. The molecule has 4 heteroatoms. The number of methoxy groups -OCH3 is 1. The molecule has 0 aromatic heterocycles. The van der Waals surface area contributed by atoms with Gasteiger partial charge in [0.1, 0.15) is 13.5 Å². The lowest BCUT2D eigenvalue weighted by Gasteiger charge is -2.47. The van der Waals surface area contributed by atoms with Gasteiger partial charge in [0.05, 0.1) is 8.07 Å². The molecule has 0 spiro atoms. The lowest BCUT2D eigenvalue weighted by Crippen LogP contribution is -2.49. The van der Waals surface area contributed by atoms with E-state index < -0.39 is 16.1 Å². The summed E-state index contributed by atoms with van der Waals surface area (Å²) < 4.78 is 11.8. The van der Waals surface area contributed by atoms with E-state index in [4.69, 9.17) is 9.47 Å². The van der Waals surface area contributed by atoms with Crippen molar-refractivity contribution in [1.29, 1.82) is 0 Å². The SMILES string of the molecule is COCOC(=C=C(C1CCCCC1)[Si](C(C)C)(C(C)C)C(C)C)[Si](C)(C)C(C)(C)C. The fourth-order valence-electron chi connectivity index (χ4n) is 5.84. The van der Waals surface area contributed by atoms with E-state index in [0.717, 1.165) is 5.38 Å². The number of rotatable bonds is 9. The predicted molar refractivity (Wildman–Crippen MR) is 138 cm³/mol. The first kappa shape index (κ1) is 27.7. The van der Waals surface area contributed by atoms with Crippen LogP contribution in [0.2, 0.25) is 34.8 Å². The van der Waals surface area contributed by atoms with Crippen LogP contribution < -0.4 is 0 Å². The van der Waals surface area contributed by atoms with Crippen LogP contribution in [-0.2, 0) is 9.47 Å². The Morgan fingerprint density at radius 1 is 0.900 bits per heavy atom. The number of hydrogen-bond acceptors (Lipinski definition) is 2. The van der Waals surface area contributed by atoms with Crippen molar-refractivity contribution in [2.45, 2.75) is 129 Å². The molecule has 1 aliphatic rings. The summed E-state index contributed by atoms with van der Waals surface area (Å²) >= 11 is 0. The highest BCUT2D eigenvalue weighted by Gasteiger charge is 2.49. The summed E-state index contributed by atoms with van der Waals surface area (Å²) in [6, 6.07) is 0. The highest BCUT2D eigenvalue weighted by atomic mass is 28.3. The third-order valence-electron chi connectivity index (χ3n) is 8.36. The first-order chi connectivity index (χ1) is 13.7. The summed E-state index contributed by atoms with van der Waals surface area (Å²) in [7, 11) is -1.95. The normalized spacial score (nSPS) is 16.9. The molecule has 0 bridgehead atoms. The molecule has 0 radical (unpaired) electrons. The summed E-state index contributed by atoms with van der Waals surface area (Å²) in [5, 5.41) is 3.03. The van der Waals surface area contributed by atoms with Crippen LogP contribution in [0.5, 0.6) is 0 Å². The molecule has 1 aliphatic carbocycles. The summed E-state index contributed by atoms with van der Waals surface area (Å²) in [5.74, 6) is 0.684. The van der Waals surface area contributed by atoms with Crippen molar-refractivity contribution in [3.05, 3.63) is 16.3 Å². The fourth-order valence-corrected chi connectivity index (χ4v) is 14.7. The standard InChI is InChI=1S/C26H52O2Si2/c1-20(2)30(21(3)4,22(5)6)24(23-16-14-13-15-17-23)18-25(28-19-27-10)29(11,12)26(7,8)9/h20-23H,13-17,19H2,1-12H3. The minimum atomic E-state index is -1.88. The van der Waals surface area contributed by atoms with Crippen LogP contribution in [0.3, 0.4) is 0 Å².